The molecule has 1 aromatic heterocycles. The summed E-state index contributed by atoms with van der Waals surface area (Å²) in [7, 11) is 0. The van der Waals surface area contributed by atoms with E-state index in [1.165, 1.54) is 0 Å². The second-order valence-corrected chi connectivity index (χ2v) is 6.56. The van der Waals surface area contributed by atoms with Gasteiger partial charge in [-0.15, -0.1) is 0 Å². The van der Waals surface area contributed by atoms with E-state index in [0.29, 0.717) is 28.8 Å². The number of fused-ring (bicyclic) bond motifs is 1. The van der Waals surface area contributed by atoms with Crippen molar-refractivity contribution in [3.8, 4) is 23.0 Å². The maximum Gasteiger partial charge on any atom is 0.231 e. The smallest absolute Gasteiger partial charge is 0.231 e. The van der Waals surface area contributed by atoms with Gasteiger partial charge in [-0.3, -0.25) is 4.79 Å². The maximum absolute atomic E-state index is 12.5. The molecule has 4 rings (SSSR count). The molecular formula is C21H20N2O4. The quantitative estimate of drug-likeness (QED) is 0.752. The predicted molar refractivity (Wildman–Crippen MR) is 101 cm³/mol. The molecule has 0 atom stereocenters. The lowest BCUT2D eigenvalue weighted by atomic mass is 10.1. The predicted octanol–water partition coefficient (Wildman–Crippen LogP) is 4.18. The Balaban J connectivity index is 1.52. The van der Waals surface area contributed by atoms with Crippen LogP contribution in [0.5, 0.6) is 11.5 Å². The highest BCUT2D eigenvalue weighted by atomic mass is 16.7. The van der Waals surface area contributed by atoms with E-state index < -0.39 is 0 Å². The topological polar surface area (TPSA) is 73.6 Å². The fraction of sp³-hybridized carbons (Fsp3) is 0.238. The Morgan fingerprint density at radius 1 is 1.11 bits per heavy atom. The van der Waals surface area contributed by atoms with Crippen LogP contribution in [0.4, 0.5) is 5.69 Å². The first-order valence-electron chi connectivity index (χ1n) is 8.73. The first-order chi connectivity index (χ1) is 13.0. The number of nitrogens with one attached hydrogen (secondary N) is 1. The summed E-state index contributed by atoms with van der Waals surface area (Å²) in [5.41, 5.74) is 4.41. The van der Waals surface area contributed by atoms with Crippen LogP contribution in [-0.2, 0) is 11.2 Å². The van der Waals surface area contributed by atoms with Crippen LogP contribution >= 0.6 is 0 Å². The van der Waals surface area contributed by atoms with E-state index in [2.05, 4.69) is 10.3 Å². The number of anilines is 1. The Hall–Kier alpha value is -3.28. The van der Waals surface area contributed by atoms with Crippen molar-refractivity contribution in [2.45, 2.75) is 27.2 Å². The molecule has 6 heteroatoms. The summed E-state index contributed by atoms with van der Waals surface area (Å²) in [6.45, 7) is 6.03. The van der Waals surface area contributed by atoms with Gasteiger partial charge in [-0.1, -0.05) is 12.1 Å². The van der Waals surface area contributed by atoms with E-state index in [4.69, 9.17) is 13.9 Å². The van der Waals surface area contributed by atoms with Crippen molar-refractivity contribution >= 4 is 11.6 Å². The number of hydrogen-bond acceptors (Lipinski definition) is 5. The average Bonchev–Trinajstić information content (AvgIpc) is 3.25. The maximum atomic E-state index is 12.5. The molecular weight excluding hydrogens is 344 g/mol. The molecule has 1 aliphatic heterocycles. The molecule has 2 heterocycles. The van der Waals surface area contributed by atoms with Crippen LogP contribution in [0.25, 0.3) is 11.5 Å². The van der Waals surface area contributed by atoms with Gasteiger partial charge in [-0.05, 0) is 56.2 Å². The average molecular weight is 364 g/mol. The van der Waals surface area contributed by atoms with Crippen LogP contribution in [0.3, 0.4) is 0 Å². The molecule has 27 heavy (non-hydrogen) atoms. The minimum Gasteiger partial charge on any atom is -0.454 e. The molecule has 0 saturated heterocycles. The van der Waals surface area contributed by atoms with Gasteiger partial charge in [0, 0.05) is 11.3 Å². The van der Waals surface area contributed by atoms with Crippen LogP contribution in [-0.4, -0.2) is 17.7 Å². The zero-order valence-corrected chi connectivity index (χ0v) is 15.5. The molecule has 0 radical (unpaired) electrons. The number of benzene rings is 2. The van der Waals surface area contributed by atoms with Crippen molar-refractivity contribution in [1.29, 1.82) is 0 Å². The molecule has 0 spiro atoms. The molecule has 1 aliphatic rings. The van der Waals surface area contributed by atoms with Crippen molar-refractivity contribution in [2.24, 2.45) is 0 Å². The molecule has 1 amide bonds. The molecule has 0 aliphatic carbocycles. The lowest BCUT2D eigenvalue weighted by molar-refractivity contribution is -0.115. The van der Waals surface area contributed by atoms with Gasteiger partial charge in [0.05, 0.1) is 12.1 Å². The van der Waals surface area contributed by atoms with Gasteiger partial charge >= 0.3 is 0 Å². The van der Waals surface area contributed by atoms with E-state index in [-0.39, 0.29) is 19.1 Å². The molecule has 3 aromatic rings. The number of amides is 1. The largest absolute Gasteiger partial charge is 0.454 e. The van der Waals surface area contributed by atoms with Gasteiger partial charge < -0.3 is 19.2 Å². The number of nitrogens with zero attached hydrogens (tertiary/aromatic N) is 1. The van der Waals surface area contributed by atoms with Crippen LogP contribution in [0.2, 0.25) is 0 Å². The number of ether oxygens (including phenoxy) is 2. The van der Waals surface area contributed by atoms with E-state index >= 15 is 0 Å². The van der Waals surface area contributed by atoms with Crippen LogP contribution in [0.15, 0.2) is 40.8 Å². The van der Waals surface area contributed by atoms with Gasteiger partial charge in [0.1, 0.15) is 5.76 Å². The number of aromatic nitrogens is 1. The van der Waals surface area contributed by atoms with Gasteiger partial charge in [0.25, 0.3) is 0 Å². The Bertz CT molecular complexity index is 1020. The zero-order valence-electron chi connectivity index (χ0n) is 15.5. The van der Waals surface area contributed by atoms with Gasteiger partial charge in [-0.2, -0.15) is 0 Å². The number of hydrogen-bond donors (Lipinski definition) is 1. The monoisotopic (exact) mass is 364 g/mol. The second kappa shape index (κ2) is 6.79. The van der Waals surface area contributed by atoms with Crippen LogP contribution < -0.4 is 14.8 Å². The number of oxazole rings is 1. The van der Waals surface area contributed by atoms with Crippen LogP contribution in [0.1, 0.15) is 22.6 Å². The lowest BCUT2D eigenvalue weighted by Crippen LogP contribution is -2.16. The first kappa shape index (κ1) is 17.1. The zero-order chi connectivity index (χ0) is 19.0. The summed E-state index contributed by atoms with van der Waals surface area (Å²) < 4.78 is 16.5. The first-order valence-corrected chi connectivity index (χ1v) is 8.73. The molecule has 2 aromatic carbocycles. The molecule has 6 nitrogen and oxygen atoms in total. The van der Waals surface area contributed by atoms with Gasteiger partial charge in [0.2, 0.25) is 18.6 Å². The van der Waals surface area contributed by atoms with Gasteiger partial charge in [0.15, 0.2) is 11.5 Å². The van der Waals surface area contributed by atoms with E-state index in [1.54, 1.807) is 0 Å². The standard InChI is InChI=1S/C21H20N2O4/c1-12-5-4-6-16(13(12)2)22-20(24)10-17-14(3)27-21(23-17)15-7-8-18-19(9-15)26-11-25-18/h4-9H,10-11H2,1-3H3,(H,22,24). The Morgan fingerprint density at radius 2 is 1.93 bits per heavy atom. The molecule has 138 valence electrons. The van der Waals surface area contributed by atoms with Crippen molar-refractivity contribution in [2.75, 3.05) is 12.1 Å². The third-order valence-electron chi connectivity index (χ3n) is 4.72. The van der Waals surface area contributed by atoms with Crippen molar-refractivity contribution < 1.29 is 18.7 Å². The fourth-order valence-corrected chi connectivity index (χ4v) is 2.98. The summed E-state index contributed by atoms with van der Waals surface area (Å²) in [6.07, 6.45) is 0.146. The number of rotatable bonds is 4. The lowest BCUT2D eigenvalue weighted by Gasteiger charge is -2.09. The highest BCUT2D eigenvalue weighted by molar-refractivity contribution is 5.93. The minimum absolute atomic E-state index is 0.127. The summed E-state index contributed by atoms with van der Waals surface area (Å²) in [5.74, 6) is 2.32. The summed E-state index contributed by atoms with van der Waals surface area (Å²) in [6, 6.07) is 11.4. The van der Waals surface area contributed by atoms with Crippen LogP contribution in [0, 0.1) is 20.8 Å². The highest BCUT2D eigenvalue weighted by Crippen LogP contribution is 2.36. The van der Waals surface area contributed by atoms with Gasteiger partial charge in [-0.25, -0.2) is 4.98 Å². The SMILES string of the molecule is Cc1cccc(NC(=O)Cc2nc(-c3ccc4c(c3)OCO4)oc2C)c1C. The number of aryl methyl sites for hydroxylation is 2. The fourth-order valence-electron chi connectivity index (χ4n) is 2.98. The van der Waals surface area contributed by atoms with Crippen molar-refractivity contribution in [1.82, 2.24) is 4.98 Å². The molecule has 1 N–H and O–H groups in total. The molecule has 0 unspecified atom stereocenters. The third-order valence-corrected chi connectivity index (χ3v) is 4.72. The number of carbonyl (C=O) groups excluding carboxylic acids is 1. The Kier molecular flexibility index (Phi) is 4.32. The molecule has 0 bridgehead atoms. The third kappa shape index (κ3) is 3.38. The van der Waals surface area contributed by atoms with Crippen molar-refractivity contribution in [3.63, 3.8) is 0 Å². The number of carbonyl (C=O) groups is 1. The van der Waals surface area contributed by atoms with E-state index in [9.17, 15) is 4.79 Å². The normalized spacial score (nSPS) is 12.3. The summed E-state index contributed by atoms with van der Waals surface area (Å²) in [5, 5.41) is 2.95. The Morgan fingerprint density at radius 3 is 2.78 bits per heavy atom. The summed E-state index contributed by atoms with van der Waals surface area (Å²) in [4.78, 5) is 17.0. The minimum atomic E-state index is -0.127. The van der Waals surface area contributed by atoms with Crippen molar-refractivity contribution in [3.05, 3.63) is 59.0 Å². The molecule has 0 fully saturated rings. The highest BCUT2D eigenvalue weighted by Gasteiger charge is 2.19. The molecule has 0 saturated carbocycles. The summed E-state index contributed by atoms with van der Waals surface area (Å²) >= 11 is 0. The van der Waals surface area contributed by atoms with E-state index in [0.717, 1.165) is 22.4 Å². The van der Waals surface area contributed by atoms with E-state index in [1.807, 2.05) is 57.2 Å². The Labute approximate surface area is 157 Å². The second-order valence-electron chi connectivity index (χ2n) is 6.56.